The van der Waals surface area contributed by atoms with Gasteiger partial charge in [0, 0.05) is 16.6 Å². The molecule has 1 atom stereocenters. The zero-order valence-electron chi connectivity index (χ0n) is 9.17. The van der Waals surface area contributed by atoms with E-state index in [2.05, 4.69) is 0 Å². The molecule has 0 aromatic heterocycles. The van der Waals surface area contributed by atoms with E-state index in [1.54, 1.807) is 18.2 Å². The summed E-state index contributed by atoms with van der Waals surface area (Å²) in [5.41, 5.74) is 0.999. The Kier molecular flexibility index (Phi) is 4.67. The summed E-state index contributed by atoms with van der Waals surface area (Å²) in [6.45, 7) is 0. The molecular weight excluding hydrogens is 242 g/mol. The van der Waals surface area contributed by atoms with Crippen LogP contribution in [0.4, 0.5) is 0 Å². The lowest BCUT2D eigenvalue weighted by Gasteiger charge is -2.05. The maximum atomic E-state index is 11.4. The number of carboxylic acid groups (broad SMARTS) is 1. The maximum Gasteiger partial charge on any atom is 0.316 e. The lowest BCUT2D eigenvalue weighted by Crippen LogP contribution is -2.10. The molecule has 0 amide bonds. The molecule has 0 aliphatic rings. The number of carboxylic acids is 1. The van der Waals surface area contributed by atoms with Gasteiger partial charge in [0.2, 0.25) is 0 Å². The van der Waals surface area contributed by atoms with Crippen LogP contribution in [0.3, 0.4) is 0 Å². The molecule has 90 valence electrons. The van der Waals surface area contributed by atoms with Gasteiger partial charge in [0.05, 0.1) is 12.7 Å². The lowest BCUT2D eigenvalue weighted by atomic mass is 10.1. The van der Waals surface area contributed by atoms with Crippen LogP contribution in [0.25, 0.3) is 0 Å². The number of nitrogens with zero attached hydrogens (tertiary/aromatic N) is 1. The van der Waals surface area contributed by atoms with E-state index in [-0.39, 0.29) is 5.75 Å². The van der Waals surface area contributed by atoms with Crippen molar-refractivity contribution in [2.24, 2.45) is 0 Å². The topological polar surface area (TPSA) is 87.4 Å². The van der Waals surface area contributed by atoms with E-state index in [4.69, 9.17) is 15.1 Å². The van der Waals surface area contributed by atoms with E-state index in [0.29, 0.717) is 16.9 Å². The van der Waals surface area contributed by atoms with Gasteiger partial charge in [-0.25, -0.2) is 0 Å². The maximum absolute atomic E-state index is 11.4. The molecule has 0 aliphatic heterocycles. The number of benzene rings is 1. The third kappa shape index (κ3) is 3.89. The summed E-state index contributed by atoms with van der Waals surface area (Å²) >= 11 is 0. The molecular formula is C11H11NO4S. The van der Waals surface area contributed by atoms with Crippen molar-refractivity contribution in [2.45, 2.75) is 5.75 Å². The molecule has 0 aliphatic carbocycles. The van der Waals surface area contributed by atoms with E-state index in [1.165, 1.54) is 7.11 Å². The van der Waals surface area contributed by atoms with Crippen molar-refractivity contribution in [3.8, 4) is 11.8 Å². The second-order valence-electron chi connectivity index (χ2n) is 3.27. The van der Waals surface area contributed by atoms with Gasteiger partial charge in [0.15, 0.2) is 0 Å². The average molecular weight is 253 g/mol. The fraction of sp³-hybridized carbons (Fsp3) is 0.273. The first kappa shape index (κ1) is 13.2. The smallest absolute Gasteiger partial charge is 0.316 e. The summed E-state index contributed by atoms with van der Waals surface area (Å²) in [4.78, 5) is 10.4. The van der Waals surface area contributed by atoms with E-state index < -0.39 is 22.5 Å². The quantitative estimate of drug-likeness (QED) is 0.842. The van der Waals surface area contributed by atoms with Gasteiger partial charge in [-0.15, -0.1) is 0 Å². The normalized spacial score (nSPS) is 11.5. The Bertz CT molecular complexity index is 493. The number of hydrogen-bond donors (Lipinski definition) is 1. The SMILES string of the molecule is COc1ccc(CS(=O)CC(=O)O)cc1C#N. The molecule has 1 aromatic carbocycles. The third-order valence-corrected chi connectivity index (χ3v) is 3.22. The predicted molar refractivity (Wildman–Crippen MR) is 62.1 cm³/mol. The Morgan fingerprint density at radius 2 is 2.29 bits per heavy atom. The number of rotatable bonds is 5. The molecule has 0 heterocycles. The fourth-order valence-electron chi connectivity index (χ4n) is 1.31. The molecule has 1 aromatic rings. The Balaban J connectivity index is 2.83. The molecule has 17 heavy (non-hydrogen) atoms. The van der Waals surface area contributed by atoms with Crippen molar-refractivity contribution in [1.82, 2.24) is 0 Å². The molecule has 0 spiro atoms. The van der Waals surface area contributed by atoms with Gasteiger partial charge in [-0.1, -0.05) is 6.07 Å². The highest BCUT2D eigenvalue weighted by Gasteiger charge is 2.09. The van der Waals surface area contributed by atoms with Crippen LogP contribution in [-0.2, 0) is 21.3 Å². The van der Waals surface area contributed by atoms with Gasteiger partial charge in [-0.3, -0.25) is 9.00 Å². The molecule has 0 saturated heterocycles. The van der Waals surface area contributed by atoms with Gasteiger partial charge in [-0.05, 0) is 17.7 Å². The van der Waals surface area contributed by atoms with Gasteiger partial charge < -0.3 is 9.84 Å². The second kappa shape index (κ2) is 6.01. The monoisotopic (exact) mass is 253 g/mol. The van der Waals surface area contributed by atoms with E-state index >= 15 is 0 Å². The second-order valence-corrected chi connectivity index (χ2v) is 4.73. The largest absolute Gasteiger partial charge is 0.495 e. The van der Waals surface area contributed by atoms with Crippen LogP contribution >= 0.6 is 0 Å². The first-order valence-corrected chi connectivity index (χ1v) is 6.19. The Morgan fingerprint density at radius 1 is 1.59 bits per heavy atom. The summed E-state index contributed by atoms with van der Waals surface area (Å²) in [6, 6.07) is 6.78. The molecule has 6 heteroatoms. The average Bonchev–Trinajstić information content (AvgIpc) is 2.27. The highest BCUT2D eigenvalue weighted by molar-refractivity contribution is 7.84. The third-order valence-electron chi connectivity index (χ3n) is 2.00. The van der Waals surface area contributed by atoms with E-state index in [0.717, 1.165) is 0 Å². The fourth-order valence-corrected chi connectivity index (χ4v) is 2.24. The number of carbonyl (C=O) groups is 1. The van der Waals surface area contributed by atoms with Crippen molar-refractivity contribution in [3.63, 3.8) is 0 Å². The number of aliphatic carboxylic acids is 1. The van der Waals surface area contributed by atoms with Crippen LogP contribution in [0.2, 0.25) is 0 Å². The highest BCUT2D eigenvalue weighted by atomic mass is 32.2. The minimum Gasteiger partial charge on any atom is -0.495 e. The van der Waals surface area contributed by atoms with Crippen LogP contribution in [0, 0.1) is 11.3 Å². The Hall–Kier alpha value is -1.87. The molecule has 0 bridgehead atoms. The van der Waals surface area contributed by atoms with Crippen LogP contribution in [0.15, 0.2) is 18.2 Å². The summed E-state index contributed by atoms with van der Waals surface area (Å²) < 4.78 is 16.4. The van der Waals surface area contributed by atoms with Gasteiger partial charge >= 0.3 is 5.97 Å². The zero-order chi connectivity index (χ0) is 12.8. The van der Waals surface area contributed by atoms with Crippen molar-refractivity contribution in [1.29, 1.82) is 5.26 Å². The molecule has 0 radical (unpaired) electrons. The molecule has 1 N–H and O–H groups in total. The highest BCUT2D eigenvalue weighted by Crippen LogP contribution is 2.19. The summed E-state index contributed by atoms with van der Waals surface area (Å²) in [5.74, 6) is -0.934. The van der Waals surface area contributed by atoms with Gasteiger partial charge in [0.1, 0.15) is 17.6 Å². The minimum absolute atomic E-state index is 0.116. The van der Waals surface area contributed by atoms with Crippen LogP contribution in [0.5, 0.6) is 5.75 Å². The molecule has 1 unspecified atom stereocenters. The Morgan fingerprint density at radius 3 is 2.82 bits per heavy atom. The van der Waals surface area contributed by atoms with Gasteiger partial charge in [0.25, 0.3) is 0 Å². The van der Waals surface area contributed by atoms with Crippen LogP contribution < -0.4 is 4.74 Å². The molecule has 0 fully saturated rings. The van der Waals surface area contributed by atoms with Crippen molar-refractivity contribution in [2.75, 3.05) is 12.9 Å². The first-order chi connectivity index (χ1) is 8.06. The lowest BCUT2D eigenvalue weighted by molar-refractivity contribution is -0.133. The number of ether oxygens (including phenoxy) is 1. The van der Waals surface area contributed by atoms with E-state index in [9.17, 15) is 9.00 Å². The van der Waals surface area contributed by atoms with Crippen molar-refractivity contribution < 1.29 is 18.8 Å². The van der Waals surface area contributed by atoms with E-state index in [1.807, 2.05) is 6.07 Å². The minimum atomic E-state index is -1.47. The molecule has 5 nitrogen and oxygen atoms in total. The summed E-state index contributed by atoms with van der Waals surface area (Å²) in [5, 5.41) is 17.3. The molecule has 0 saturated carbocycles. The molecule has 1 rings (SSSR count). The number of hydrogen-bond acceptors (Lipinski definition) is 4. The van der Waals surface area contributed by atoms with Crippen molar-refractivity contribution >= 4 is 16.8 Å². The first-order valence-electron chi connectivity index (χ1n) is 4.70. The van der Waals surface area contributed by atoms with Crippen LogP contribution in [0.1, 0.15) is 11.1 Å². The summed E-state index contributed by atoms with van der Waals surface area (Å²) in [6.07, 6.45) is 0. The predicted octanol–water partition coefficient (Wildman–Crippen LogP) is 0.900. The van der Waals surface area contributed by atoms with Gasteiger partial charge in [-0.2, -0.15) is 5.26 Å². The number of nitriles is 1. The summed E-state index contributed by atoms with van der Waals surface area (Å²) in [7, 11) is -0.0129. The zero-order valence-corrected chi connectivity index (χ0v) is 9.99. The van der Waals surface area contributed by atoms with Crippen LogP contribution in [-0.4, -0.2) is 28.1 Å². The number of methoxy groups -OCH3 is 1. The standard InChI is InChI=1S/C11H11NO4S/c1-16-10-3-2-8(4-9(10)5-12)6-17(15)7-11(13)14/h2-4H,6-7H2,1H3,(H,13,14). The van der Waals surface area contributed by atoms with Crippen molar-refractivity contribution in [3.05, 3.63) is 29.3 Å². The Labute approximate surface area is 101 Å².